The molecule has 1 aliphatic heterocycles. The Kier molecular flexibility index (Phi) is 3.97. The highest BCUT2D eigenvalue weighted by Gasteiger charge is 2.19. The van der Waals surface area contributed by atoms with Gasteiger partial charge in [-0.05, 0) is 45.2 Å². The lowest BCUT2D eigenvalue weighted by atomic mass is 10.1. The van der Waals surface area contributed by atoms with E-state index in [2.05, 4.69) is 15.5 Å². The molecule has 24 heavy (non-hydrogen) atoms. The van der Waals surface area contributed by atoms with Crippen molar-refractivity contribution < 1.29 is 4.52 Å². The zero-order valence-corrected chi connectivity index (χ0v) is 14.7. The number of hydrogen-bond acceptors (Lipinski definition) is 6. The second kappa shape index (κ2) is 6.14. The molecule has 1 N–H and O–H groups in total. The van der Waals surface area contributed by atoms with Gasteiger partial charge in [0.1, 0.15) is 10.6 Å². The number of nitrogens with one attached hydrogen (secondary N) is 1. The van der Waals surface area contributed by atoms with E-state index in [1.54, 1.807) is 22.2 Å². The van der Waals surface area contributed by atoms with Gasteiger partial charge in [-0.3, -0.25) is 9.36 Å². The van der Waals surface area contributed by atoms with E-state index in [9.17, 15) is 4.79 Å². The van der Waals surface area contributed by atoms with E-state index in [0.717, 1.165) is 59.6 Å². The summed E-state index contributed by atoms with van der Waals surface area (Å²) in [6, 6.07) is 0. The number of nitrogens with zero attached hydrogens (tertiary/aromatic N) is 3. The van der Waals surface area contributed by atoms with Gasteiger partial charge in [-0.2, -0.15) is 0 Å². The Bertz CT molecular complexity index is 934. The number of hydrogen-bond donors (Lipinski definition) is 1. The van der Waals surface area contributed by atoms with Crippen molar-refractivity contribution in [3.63, 3.8) is 0 Å². The summed E-state index contributed by atoms with van der Waals surface area (Å²) in [4.78, 5) is 19.5. The molecule has 0 aromatic carbocycles. The number of rotatable bonds is 4. The van der Waals surface area contributed by atoms with Gasteiger partial charge < -0.3 is 9.84 Å². The van der Waals surface area contributed by atoms with Gasteiger partial charge >= 0.3 is 0 Å². The lowest BCUT2D eigenvalue weighted by molar-refractivity contribution is 0.392. The lowest BCUT2D eigenvalue weighted by Gasteiger charge is -2.12. The molecule has 4 rings (SSSR count). The quantitative estimate of drug-likeness (QED) is 0.786. The highest BCUT2D eigenvalue weighted by Crippen LogP contribution is 2.29. The van der Waals surface area contributed by atoms with Gasteiger partial charge in [0.25, 0.3) is 5.56 Å². The molecule has 126 valence electrons. The molecule has 0 amide bonds. The van der Waals surface area contributed by atoms with Crippen LogP contribution in [-0.2, 0) is 25.9 Å². The first-order chi connectivity index (χ1) is 11.6. The minimum atomic E-state index is 0.0955. The smallest absolute Gasteiger partial charge is 0.262 e. The highest BCUT2D eigenvalue weighted by molar-refractivity contribution is 7.18. The SMILES string of the molecule is Cc1noc(C)c1CCCn1cnc2sc3c(c2c1=O)CCNC3. The molecule has 0 unspecified atom stereocenters. The van der Waals surface area contributed by atoms with Gasteiger partial charge in [-0.1, -0.05) is 5.16 Å². The molecule has 4 heterocycles. The van der Waals surface area contributed by atoms with Crippen LogP contribution in [0.25, 0.3) is 10.2 Å². The van der Waals surface area contributed by atoms with E-state index in [4.69, 9.17) is 4.52 Å². The summed E-state index contributed by atoms with van der Waals surface area (Å²) in [6.07, 6.45) is 4.32. The topological polar surface area (TPSA) is 73.0 Å². The van der Waals surface area contributed by atoms with E-state index >= 15 is 0 Å². The molecular weight excluding hydrogens is 324 g/mol. The number of thiophene rings is 1. The second-order valence-corrected chi connectivity index (χ2v) is 7.34. The molecular formula is C17H20N4O2S. The van der Waals surface area contributed by atoms with Crippen molar-refractivity contribution in [2.75, 3.05) is 6.54 Å². The fourth-order valence-corrected chi connectivity index (χ4v) is 4.54. The molecule has 0 saturated carbocycles. The largest absolute Gasteiger partial charge is 0.361 e. The Hall–Kier alpha value is -1.99. The van der Waals surface area contributed by atoms with E-state index in [1.165, 1.54) is 10.4 Å². The summed E-state index contributed by atoms with van der Waals surface area (Å²) in [5, 5.41) is 8.17. The molecule has 0 fully saturated rings. The molecule has 0 bridgehead atoms. The Balaban J connectivity index is 1.58. The van der Waals surface area contributed by atoms with Crippen LogP contribution in [0.3, 0.4) is 0 Å². The summed E-state index contributed by atoms with van der Waals surface area (Å²) in [5.41, 5.74) is 3.38. The van der Waals surface area contributed by atoms with Crippen LogP contribution in [-0.4, -0.2) is 21.3 Å². The average Bonchev–Trinajstić information content (AvgIpc) is 3.11. The third kappa shape index (κ3) is 2.57. The first-order valence-corrected chi connectivity index (χ1v) is 9.09. The van der Waals surface area contributed by atoms with Crippen molar-refractivity contribution in [1.29, 1.82) is 0 Å². The van der Waals surface area contributed by atoms with Crippen molar-refractivity contribution in [3.05, 3.63) is 44.1 Å². The predicted molar refractivity (Wildman–Crippen MR) is 93.6 cm³/mol. The van der Waals surface area contributed by atoms with Crippen LogP contribution in [0.15, 0.2) is 15.6 Å². The Labute approximate surface area is 143 Å². The molecule has 0 atom stereocenters. The maximum absolute atomic E-state index is 12.9. The summed E-state index contributed by atoms with van der Waals surface area (Å²) in [7, 11) is 0. The monoisotopic (exact) mass is 344 g/mol. The second-order valence-electron chi connectivity index (χ2n) is 6.26. The molecule has 6 nitrogen and oxygen atoms in total. The van der Waals surface area contributed by atoms with Crippen LogP contribution in [0.5, 0.6) is 0 Å². The van der Waals surface area contributed by atoms with Crippen molar-refractivity contribution in [2.45, 2.75) is 46.2 Å². The molecule has 3 aromatic rings. The molecule has 1 aliphatic rings. The first kappa shape index (κ1) is 15.5. The van der Waals surface area contributed by atoms with Crippen molar-refractivity contribution in [1.82, 2.24) is 20.0 Å². The summed E-state index contributed by atoms with van der Waals surface area (Å²) in [5.74, 6) is 0.868. The van der Waals surface area contributed by atoms with Gasteiger partial charge in [0, 0.05) is 23.5 Å². The van der Waals surface area contributed by atoms with Crippen molar-refractivity contribution >= 4 is 21.6 Å². The average molecular weight is 344 g/mol. The molecule has 0 saturated heterocycles. The third-order valence-corrected chi connectivity index (χ3v) is 5.85. The zero-order chi connectivity index (χ0) is 16.7. The van der Waals surface area contributed by atoms with Crippen molar-refractivity contribution in [2.24, 2.45) is 0 Å². The summed E-state index contributed by atoms with van der Waals surface area (Å²) >= 11 is 1.64. The Morgan fingerprint density at radius 2 is 2.29 bits per heavy atom. The lowest BCUT2D eigenvalue weighted by Crippen LogP contribution is -2.25. The molecule has 3 aromatic heterocycles. The van der Waals surface area contributed by atoms with Gasteiger partial charge in [-0.25, -0.2) is 4.98 Å². The maximum Gasteiger partial charge on any atom is 0.262 e. The van der Waals surface area contributed by atoms with E-state index < -0.39 is 0 Å². The molecule has 0 radical (unpaired) electrons. The fourth-order valence-electron chi connectivity index (χ4n) is 3.39. The summed E-state index contributed by atoms with van der Waals surface area (Å²) < 4.78 is 6.94. The molecule has 7 heteroatoms. The first-order valence-electron chi connectivity index (χ1n) is 8.27. The molecule has 0 aliphatic carbocycles. The zero-order valence-electron chi connectivity index (χ0n) is 13.9. The van der Waals surface area contributed by atoms with Gasteiger partial charge in [0.2, 0.25) is 0 Å². The van der Waals surface area contributed by atoms with E-state index in [-0.39, 0.29) is 5.56 Å². The number of fused-ring (bicyclic) bond motifs is 3. The van der Waals surface area contributed by atoms with Crippen LogP contribution < -0.4 is 10.9 Å². The normalized spacial score (nSPS) is 14.2. The number of aryl methyl sites for hydroxylation is 3. The summed E-state index contributed by atoms with van der Waals surface area (Å²) in [6.45, 7) is 6.33. The minimum absolute atomic E-state index is 0.0955. The van der Waals surface area contributed by atoms with Crippen LogP contribution in [0.4, 0.5) is 0 Å². The van der Waals surface area contributed by atoms with Crippen LogP contribution in [0.1, 0.15) is 33.9 Å². The minimum Gasteiger partial charge on any atom is -0.361 e. The third-order valence-electron chi connectivity index (χ3n) is 4.71. The standard InChI is InChI=1S/C17H20N4O2S/c1-10-12(11(2)23-20-10)4-3-7-21-9-19-16-15(17(21)22)13-5-6-18-8-14(13)24-16/h9,18H,3-8H2,1-2H3. The van der Waals surface area contributed by atoms with Crippen molar-refractivity contribution in [3.8, 4) is 0 Å². The van der Waals surface area contributed by atoms with Gasteiger partial charge in [-0.15, -0.1) is 11.3 Å². The van der Waals surface area contributed by atoms with Gasteiger partial charge in [0.05, 0.1) is 17.4 Å². The number of aromatic nitrogens is 3. The van der Waals surface area contributed by atoms with Crippen LogP contribution in [0.2, 0.25) is 0 Å². The fraction of sp³-hybridized carbons (Fsp3) is 0.471. The Morgan fingerprint density at radius 1 is 1.42 bits per heavy atom. The molecule has 0 spiro atoms. The Morgan fingerprint density at radius 3 is 3.08 bits per heavy atom. The van der Waals surface area contributed by atoms with Crippen LogP contribution >= 0.6 is 11.3 Å². The maximum atomic E-state index is 12.9. The van der Waals surface area contributed by atoms with E-state index in [0.29, 0.717) is 6.54 Å². The van der Waals surface area contributed by atoms with Crippen LogP contribution in [0, 0.1) is 13.8 Å². The predicted octanol–water partition coefficient (Wildman–Crippen LogP) is 2.34. The van der Waals surface area contributed by atoms with Gasteiger partial charge in [0.15, 0.2) is 0 Å². The van der Waals surface area contributed by atoms with E-state index in [1.807, 2.05) is 13.8 Å². The highest BCUT2D eigenvalue weighted by atomic mass is 32.1.